The number of aryl methyl sites for hydroxylation is 2. The number of ether oxygens (including phenoxy) is 1. The van der Waals surface area contributed by atoms with Crippen molar-refractivity contribution in [3.63, 3.8) is 0 Å². The number of rotatable bonds is 7. The van der Waals surface area contributed by atoms with E-state index < -0.39 is 12.1 Å². The van der Waals surface area contributed by atoms with E-state index in [0.717, 1.165) is 11.1 Å². The molecule has 2 N–H and O–H groups in total. The maximum absolute atomic E-state index is 12.0. The monoisotopic (exact) mass is 334 g/mol. The summed E-state index contributed by atoms with van der Waals surface area (Å²) in [5, 5.41) is 5.18. The highest BCUT2D eigenvalue weighted by Gasteiger charge is 2.18. The number of esters is 1. The van der Waals surface area contributed by atoms with Crippen LogP contribution in [0, 0.1) is 19.8 Å². The van der Waals surface area contributed by atoms with Crippen LogP contribution >= 0.6 is 0 Å². The maximum Gasteiger partial charge on any atom is 0.326 e. The van der Waals surface area contributed by atoms with Gasteiger partial charge >= 0.3 is 5.97 Å². The summed E-state index contributed by atoms with van der Waals surface area (Å²) in [6.45, 7) is 9.55. The molecule has 1 rings (SSSR count). The van der Waals surface area contributed by atoms with Crippen LogP contribution in [0.3, 0.4) is 0 Å². The van der Waals surface area contributed by atoms with E-state index in [-0.39, 0.29) is 18.4 Å². The predicted molar refractivity (Wildman–Crippen MR) is 91.7 cm³/mol. The van der Waals surface area contributed by atoms with E-state index in [0.29, 0.717) is 18.0 Å². The van der Waals surface area contributed by atoms with E-state index >= 15 is 0 Å². The fourth-order valence-electron chi connectivity index (χ4n) is 1.88. The van der Waals surface area contributed by atoms with Crippen molar-refractivity contribution in [3.05, 3.63) is 34.9 Å². The van der Waals surface area contributed by atoms with Gasteiger partial charge in [0.05, 0.1) is 0 Å². The van der Waals surface area contributed by atoms with Crippen molar-refractivity contribution in [1.29, 1.82) is 0 Å². The Balaban J connectivity index is 2.43. The quantitative estimate of drug-likeness (QED) is 0.744. The highest BCUT2D eigenvalue weighted by molar-refractivity contribution is 5.96. The minimum atomic E-state index is -0.894. The van der Waals surface area contributed by atoms with Gasteiger partial charge in [0.1, 0.15) is 6.54 Å². The molecule has 0 saturated carbocycles. The van der Waals surface area contributed by atoms with Crippen LogP contribution < -0.4 is 10.6 Å². The van der Waals surface area contributed by atoms with Crippen molar-refractivity contribution in [2.75, 3.05) is 13.1 Å². The molecule has 132 valence electrons. The van der Waals surface area contributed by atoms with Gasteiger partial charge < -0.3 is 15.4 Å². The standard InChI is InChI=1S/C18H26N2O4/c1-11(2)9-19-17(22)14(5)24-16(21)10-20-18(23)15-7-6-12(3)13(4)8-15/h6-8,11,14H,9-10H2,1-5H3,(H,19,22)(H,20,23)/t14-/m1/s1. The van der Waals surface area contributed by atoms with Crippen molar-refractivity contribution >= 4 is 17.8 Å². The number of hydrogen-bond donors (Lipinski definition) is 2. The topological polar surface area (TPSA) is 84.5 Å². The van der Waals surface area contributed by atoms with Crippen molar-refractivity contribution in [3.8, 4) is 0 Å². The van der Waals surface area contributed by atoms with Gasteiger partial charge in [-0.2, -0.15) is 0 Å². The van der Waals surface area contributed by atoms with E-state index in [9.17, 15) is 14.4 Å². The Kier molecular flexibility index (Phi) is 7.42. The van der Waals surface area contributed by atoms with Gasteiger partial charge in [0.2, 0.25) is 0 Å². The van der Waals surface area contributed by atoms with Crippen molar-refractivity contribution in [2.45, 2.75) is 40.7 Å². The van der Waals surface area contributed by atoms with Crippen molar-refractivity contribution < 1.29 is 19.1 Å². The van der Waals surface area contributed by atoms with Crippen LogP contribution in [-0.2, 0) is 14.3 Å². The summed E-state index contributed by atoms with van der Waals surface area (Å²) in [6.07, 6.45) is -0.894. The third-order valence-electron chi connectivity index (χ3n) is 3.52. The van der Waals surface area contributed by atoms with Crippen LogP contribution in [0.2, 0.25) is 0 Å². The van der Waals surface area contributed by atoms with E-state index in [2.05, 4.69) is 10.6 Å². The second-order valence-electron chi connectivity index (χ2n) is 6.25. The van der Waals surface area contributed by atoms with Gasteiger partial charge in [-0.1, -0.05) is 19.9 Å². The molecule has 0 radical (unpaired) electrons. The van der Waals surface area contributed by atoms with E-state index in [1.54, 1.807) is 12.1 Å². The van der Waals surface area contributed by atoms with Gasteiger partial charge in [-0.25, -0.2) is 0 Å². The number of carbonyl (C=O) groups is 3. The molecule has 0 spiro atoms. The Hall–Kier alpha value is -2.37. The van der Waals surface area contributed by atoms with Crippen molar-refractivity contribution in [2.24, 2.45) is 5.92 Å². The van der Waals surface area contributed by atoms with Crippen molar-refractivity contribution in [1.82, 2.24) is 10.6 Å². The minimum Gasteiger partial charge on any atom is -0.451 e. The molecule has 1 aromatic carbocycles. The van der Waals surface area contributed by atoms with Gasteiger partial charge in [0, 0.05) is 12.1 Å². The Morgan fingerprint density at radius 2 is 1.71 bits per heavy atom. The molecule has 0 aromatic heterocycles. The molecule has 0 heterocycles. The molecule has 0 unspecified atom stereocenters. The number of carbonyl (C=O) groups excluding carboxylic acids is 3. The average Bonchev–Trinajstić information content (AvgIpc) is 2.52. The summed E-state index contributed by atoms with van der Waals surface area (Å²) in [6, 6.07) is 5.31. The predicted octanol–water partition coefficient (Wildman–Crippen LogP) is 1.74. The SMILES string of the molecule is Cc1ccc(C(=O)NCC(=O)O[C@H](C)C(=O)NCC(C)C)cc1C. The lowest BCUT2D eigenvalue weighted by atomic mass is 10.1. The molecule has 2 amide bonds. The summed E-state index contributed by atoms with van der Waals surface area (Å²) in [5.41, 5.74) is 2.57. The zero-order valence-corrected chi connectivity index (χ0v) is 14.9. The number of hydrogen-bond acceptors (Lipinski definition) is 4. The second kappa shape index (κ2) is 9.05. The molecule has 0 saturated heterocycles. The van der Waals surface area contributed by atoms with Crippen LogP contribution in [0.5, 0.6) is 0 Å². The zero-order valence-electron chi connectivity index (χ0n) is 14.9. The third kappa shape index (κ3) is 6.40. The van der Waals surface area contributed by atoms with Gasteiger partial charge in [-0.3, -0.25) is 14.4 Å². The van der Waals surface area contributed by atoms with E-state index in [1.165, 1.54) is 6.92 Å². The van der Waals surface area contributed by atoms with Crippen LogP contribution in [-0.4, -0.2) is 37.0 Å². The Bertz CT molecular complexity index is 611. The first-order chi connectivity index (χ1) is 11.2. The summed E-state index contributed by atoms with van der Waals surface area (Å²) in [5.74, 6) is -1.04. The first kappa shape index (κ1) is 19.7. The van der Waals surface area contributed by atoms with Gasteiger partial charge in [0.25, 0.3) is 11.8 Å². The molecule has 6 heteroatoms. The average molecular weight is 334 g/mol. The largest absolute Gasteiger partial charge is 0.451 e. The van der Waals surface area contributed by atoms with Gasteiger partial charge in [0.15, 0.2) is 6.10 Å². The van der Waals surface area contributed by atoms with Crippen LogP contribution in [0.15, 0.2) is 18.2 Å². The maximum atomic E-state index is 12.0. The fraction of sp³-hybridized carbons (Fsp3) is 0.500. The fourth-order valence-corrected chi connectivity index (χ4v) is 1.88. The lowest BCUT2D eigenvalue weighted by Crippen LogP contribution is -2.39. The van der Waals surface area contributed by atoms with Gasteiger partial charge in [-0.15, -0.1) is 0 Å². The first-order valence-corrected chi connectivity index (χ1v) is 8.03. The van der Waals surface area contributed by atoms with E-state index in [1.807, 2.05) is 33.8 Å². The Morgan fingerprint density at radius 1 is 1.04 bits per heavy atom. The first-order valence-electron chi connectivity index (χ1n) is 8.03. The molecule has 0 bridgehead atoms. The highest BCUT2D eigenvalue weighted by Crippen LogP contribution is 2.09. The van der Waals surface area contributed by atoms with Gasteiger partial charge in [-0.05, 0) is 49.9 Å². The van der Waals surface area contributed by atoms with Crippen LogP contribution in [0.1, 0.15) is 42.3 Å². The Morgan fingerprint density at radius 3 is 2.29 bits per heavy atom. The summed E-state index contributed by atoms with van der Waals surface area (Å²) in [4.78, 5) is 35.5. The smallest absolute Gasteiger partial charge is 0.326 e. The number of nitrogens with one attached hydrogen (secondary N) is 2. The molecular weight excluding hydrogens is 308 g/mol. The van der Waals surface area contributed by atoms with Crippen LogP contribution in [0.4, 0.5) is 0 Å². The normalized spacial score (nSPS) is 11.8. The third-order valence-corrected chi connectivity index (χ3v) is 3.52. The Labute approximate surface area is 143 Å². The summed E-state index contributed by atoms with van der Waals surface area (Å²) >= 11 is 0. The zero-order chi connectivity index (χ0) is 18.3. The molecule has 0 fully saturated rings. The number of amides is 2. The molecular formula is C18H26N2O4. The molecule has 24 heavy (non-hydrogen) atoms. The second-order valence-corrected chi connectivity index (χ2v) is 6.25. The lowest BCUT2D eigenvalue weighted by Gasteiger charge is -2.15. The summed E-state index contributed by atoms with van der Waals surface area (Å²) in [7, 11) is 0. The minimum absolute atomic E-state index is 0.284. The lowest BCUT2D eigenvalue weighted by molar-refractivity contribution is -0.153. The number of benzene rings is 1. The summed E-state index contributed by atoms with van der Waals surface area (Å²) < 4.78 is 5.01. The molecule has 0 aliphatic heterocycles. The van der Waals surface area contributed by atoms with Crippen LogP contribution in [0.25, 0.3) is 0 Å². The van der Waals surface area contributed by atoms with E-state index in [4.69, 9.17) is 4.74 Å². The molecule has 0 aliphatic carbocycles. The molecule has 0 aliphatic rings. The molecule has 1 aromatic rings. The highest BCUT2D eigenvalue weighted by atomic mass is 16.5. The molecule has 6 nitrogen and oxygen atoms in total. The molecule has 1 atom stereocenters.